The zero-order valence-corrected chi connectivity index (χ0v) is 8.87. The second-order valence-electron chi connectivity index (χ2n) is 3.73. The van der Waals surface area contributed by atoms with Crippen LogP contribution in [0.25, 0.3) is 0 Å². The van der Waals surface area contributed by atoms with Crippen molar-refractivity contribution in [1.29, 1.82) is 0 Å². The van der Waals surface area contributed by atoms with Crippen molar-refractivity contribution in [2.24, 2.45) is 5.92 Å². The van der Waals surface area contributed by atoms with E-state index < -0.39 is 5.97 Å². The molecule has 1 aromatic carbocycles. The van der Waals surface area contributed by atoms with Crippen LogP contribution in [0.1, 0.15) is 11.5 Å². The summed E-state index contributed by atoms with van der Waals surface area (Å²) >= 11 is 6.05. The van der Waals surface area contributed by atoms with E-state index in [1.54, 1.807) is 6.07 Å². The van der Waals surface area contributed by atoms with Gasteiger partial charge in [-0.05, 0) is 11.6 Å². The van der Waals surface area contributed by atoms with E-state index in [1.807, 2.05) is 18.2 Å². The number of nitrogens with one attached hydrogen (secondary N) is 1. The van der Waals surface area contributed by atoms with Crippen LogP contribution in [0, 0.1) is 5.92 Å². The lowest BCUT2D eigenvalue weighted by Gasteiger charge is -2.16. The monoisotopic (exact) mass is 225 g/mol. The molecule has 0 amide bonds. The third-order valence-corrected chi connectivity index (χ3v) is 3.18. The summed E-state index contributed by atoms with van der Waals surface area (Å²) in [4.78, 5) is 11.0. The number of benzene rings is 1. The van der Waals surface area contributed by atoms with Crippen molar-refractivity contribution < 1.29 is 9.90 Å². The van der Waals surface area contributed by atoms with Crippen LogP contribution in [0.2, 0.25) is 5.02 Å². The van der Waals surface area contributed by atoms with Gasteiger partial charge in [-0.2, -0.15) is 0 Å². The van der Waals surface area contributed by atoms with Gasteiger partial charge in [0, 0.05) is 24.0 Å². The maximum atomic E-state index is 11.0. The summed E-state index contributed by atoms with van der Waals surface area (Å²) in [5, 5.41) is 12.8. The van der Waals surface area contributed by atoms with Crippen molar-refractivity contribution in [3.8, 4) is 0 Å². The molecular formula is C11H12ClNO2. The van der Waals surface area contributed by atoms with E-state index >= 15 is 0 Å². The van der Waals surface area contributed by atoms with E-state index in [4.69, 9.17) is 16.7 Å². The highest BCUT2D eigenvalue weighted by Gasteiger charge is 2.34. The predicted octanol–water partition coefficient (Wildman–Crippen LogP) is 1.73. The molecule has 0 spiro atoms. The molecule has 1 fully saturated rings. The summed E-state index contributed by atoms with van der Waals surface area (Å²) in [6.45, 7) is 1.20. The molecule has 4 heteroatoms. The lowest BCUT2D eigenvalue weighted by atomic mass is 9.89. The van der Waals surface area contributed by atoms with Gasteiger partial charge in [0.05, 0.1) is 5.92 Å². The first-order valence-corrected chi connectivity index (χ1v) is 5.26. The van der Waals surface area contributed by atoms with Crippen LogP contribution in [-0.4, -0.2) is 24.2 Å². The minimum Gasteiger partial charge on any atom is -0.481 e. The molecule has 1 saturated heterocycles. The van der Waals surface area contributed by atoms with E-state index in [0.29, 0.717) is 18.1 Å². The van der Waals surface area contributed by atoms with Gasteiger partial charge in [-0.25, -0.2) is 0 Å². The molecule has 1 heterocycles. The van der Waals surface area contributed by atoms with Crippen molar-refractivity contribution >= 4 is 17.6 Å². The minimum atomic E-state index is -0.759. The van der Waals surface area contributed by atoms with Crippen molar-refractivity contribution in [1.82, 2.24) is 5.32 Å². The Kier molecular flexibility index (Phi) is 2.93. The summed E-state index contributed by atoms with van der Waals surface area (Å²) in [6.07, 6.45) is 0. The quantitative estimate of drug-likeness (QED) is 0.806. The van der Waals surface area contributed by atoms with Gasteiger partial charge in [0.15, 0.2) is 0 Å². The molecule has 15 heavy (non-hydrogen) atoms. The molecule has 0 aromatic heterocycles. The van der Waals surface area contributed by atoms with Gasteiger partial charge in [-0.15, -0.1) is 0 Å². The Morgan fingerprint density at radius 3 is 2.80 bits per heavy atom. The maximum absolute atomic E-state index is 11.0. The highest BCUT2D eigenvalue weighted by atomic mass is 35.5. The summed E-state index contributed by atoms with van der Waals surface area (Å²) in [6, 6.07) is 7.44. The number of carboxylic acid groups (broad SMARTS) is 1. The van der Waals surface area contributed by atoms with Gasteiger partial charge in [-0.1, -0.05) is 29.8 Å². The third kappa shape index (κ3) is 1.98. The van der Waals surface area contributed by atoms with Gasteiger partial charge in [-0.3, -0.25) is 4.79 Å². The van der Waals surface area contributed by atoms with Crippen LogP contribution in [0.4, 0.5) is 0 Å². The van der Waals surface area contributed by atoms with Crippen molar-refractivity contribution in [2.75, 3.05) is 13.1 Å². The Morgan fingerprint density at radius 2 is 2.13 bits per heavy atom. The zero-order valence-electron chi connectivity index (χ0n) is 8.11. The standard InChI is InChI=1S/C11H12ClNO2/c12-10-4-2-1-3-7(10)8-5-13-6-9(8)11(14)15/h1-4,8-9,13H,5-6H2,(H,14,15)/t8-,9+/m1/s1. The molecule has 3 nitrogen and oxygen atoms in total. The van der Waals surface area contributed by atoms with Crippen LogP contribution >= 0.6 is 11.6 Å². The number of carbonyl (C=O) groups is 1. The van der Waals surface area contributed by atoms with E-state index in [1.165, 1.54) is 0 Å². The first-order chi connectivity index (χ1) is 7.20. The van der Waals surface area contributed by atoms with Crippen LogP contribution in [-0.2, 0) is 4.79 Å². The van der Waals surface area contributed by atoms with Gasteiger partial charge in [0.25, 0.3) is 0 Å². The highest BCUT2D eigenvalue weighted by molar-refractivity contribution is 6.31. The first kappa shape index (κ1) is 10.5. The Labute approximate surface area is 93.1 Å². The lowest BCUT2D eigenvalue weighted by molar-refractivity contribution is -0.141. The molecule has 2 N–H and O–H groups in total. The number of hydrogen-bond donors (Lipinski definition) is 2. The average Bonchev–Trinajstić information content (AvgIpc) is 2.67. The summed E-state index contributed by atoms with van der Waals surface area (Å²) in [5.41, 5.74) is 0.927. The molecular weight excluding hydrogens is 214 g/mol. The fraction of sp³-hybridized carbons (Fsp3) is 0.364. The molecule has 0 saturated carbocycles. The van der Waals surface area contributed by atoms with Crippen molar-refractivity contribution in [2.45, 2.75) is 5.92 Å². The Hall–Kier alpha value is -1.06. The normalized spacial score (nSPS) is 25.4. The fourth-order valence-corrected chi connectivity index (χ4v) is 2.32. The smallest absolute Gasteiger partial charge is 0.308 e. The highest BCUT2D eigenvalue weighted by Crippen LogP contribution is 2.32. The summed E-state index contributed by atoms with van der Waals surface area (Å²) < 4.78 is 0. The van der Waals surface area contributed by atoms with E-state index in [0.717, 1.165) is 5.56 Å². The SMILES string of the molecule is O=C(O)[C@H]1CNC[C@@H]1c1ccccc1Cl. The average molecular weight is 226 g/mol. The van der Waals surface area contributed by atoms with Crippen molar-refractivity contribution in [3.63, 3.8) is 0 Å². The fourth-order valence-electron chi connectivity index (χ4n) is 2.04. The first-order valence-electron chi connectivity index (χ1n) is 4.88. The number of rotatable bonds is 2. The van der Waals surface area contributed by atoms with Gasteiger partial charge in [0.1, 0.15) is 0 Å². The van der Waals surface area contributed by atoms with Crippen molar-refractivity contribution in [3.05, 3.63) is 34.9 Å². The molecule has 0 unspecified atom stereocenters. The molecule has 1 aromatic rings. The molecule has 1 aliphatic rings. The maximum Gasteiger partial charge on any atom is 0.308 e. The van der Waals surface area contributed by atoms with Gasteiger partial charge in [0.2, 0.25) is 0 Å². The van der Waals surface area contributed by atoms with Crippen LogP contribution in [0.15, 0.2) is 24.3 Å². The summed E-state index contributed by atoms with van der Waals surface area (Å²) in [7, 11) is 0. The van der Waals surface area contributed by atoms with Gasteiger partial charge < -0.3 is 10.4 Å². The Morgan fingerprint density at radius 1 is 1.40 bits per heavy atom. The van der Waals surface area contributed by atoms with Crippen LogP contribution in [0.3, 0.4) is 0 Å². The summed E-state index contributed by atoms with van der Waals surface area (Å²) in [5.74, 6) is -1.15. The molecule has 0 aliphatic carbocycles. The third-order valence-electron chi connectivity index (χ3n) is 2.84. The van der Waals surface area contributed by atoms with Crippen LogP contribution in [0.5, 0.6) is 0 Å². The zero-order chi connectivity index (χ0) is 10.8. The molecule has 80 valence electrons. The molecule has 0 radical (unpaired) electrons. The minimum absolute atomic E-state index is 0.0174. The Bertz CT molecular complexity index is 381. The molecule has 2 atom stereocenters. The topological polar surface area (TPSA) is 49.3 Å². The van der Waals surface area contributed by atoms with E-state index in [-0.39, 0.29) is 11.8 Å². The second-order valence-corrected chi connectivity index (χ2v) is 4.14. The van der Waals surface area contributed by atoms with E-state index in [9.17, 15) is 4.79 Å². The van der Waals surface area contributed by atoms with Gasteiger partial charge >= 0.3 is 5.97 Å². The second kappa shape index (κ2) is 4.21. The molecule has 2 rings (SSSR count). The lowest BCUT2D eigenvalue weighted by Crippen LogP contribution is -2.21. The van der Waals surface area contributed by atoms with E-state index in [2.05, 4.69) is 5.32 Å². The predicted molar refractivity (Wildman–Crippen MR) is 58.2 cm³/mol. The van der Waals surface area contributed by atoms with Crippen LogP contribution < -0.4 is 5.32 Å². The largest absolute Gasteiger partial charge is 0.481 e. The molecule has 1 aliphatic heterocycles. The number of carboxylic acids is 1. The number of halogens is 1. The number of aliphatic carboxylic acids is 1. The Balaban J connectivity index is 2.30. The number of hydrogen-bond acceptors (Lipinski definition) is 2. The molecule has 0 bridgehead atoms.